The van der Waals surface area contributed by atoms with Gasteiger partial charge in [-0.15, -0.1) is 0 Å². The Hall–Kier alpha value is -1.07. The number of hydrogen-bond acceptors (Lipinski definition) is 2. The Morgan fingerprint density at radius 2 is 1.50 bits per heavy atom. The van der Waals surface area contributed by atoms with Gasteiger partial charge in [0.25, 0.3) is 0 Å². The number of aromatic nitrogens is 2. The molecule has 0 spiro atoms. The van der Waals surface area contributed by atoms with E-state index in [-0.39, 0.29) is 21.3 Å². The maximum absolute atomic E-state index is 12.4. The molecule has 0 radical (unpaired) electrons. The van der Waals surface area contributed by atoms with Gasteiger partial charge in [0.15, 0.2) is 10.3 Å². The lowest BCUT2D eigenvalue weighted by atomic mass is 10.2. The Morgan fingerprint density at radius 1 is 0.938 bits per heavy atom. The monoisotopic (exact) mass is 266 g/mol. The van der Waals surface area contributed by atoms with Crippen molar-refractivity contribution in [3.05, 3.63) is 34.1 Å². The maximum atomic E-state index is 12.4. The Kier molecular flexibility index (Phi) is 2.67. The Balaban J connectivity index is 2.67. The predicted octanol–water partition coefficient (Wildman–Crippen LogP) is 3.96. The van der Waals surface area contributed by atoms with Gasteiger partial charge in [-0.05, 0) is 18.2 Å². The lowest BCUT2D eigenvalue weighted by Crippen LogP contribution is -2.04. The molecule has 0 amide bonds. The SMILES string of the molecule is FC(F)(F)c1ccc2nc(Cl)c(Cl)nc2c1. The lowest BCUT2D eigenvalue weighted by molar-refractivity contribution is -0.137. The van der Waals surface area contributed by atoms with Crippen LogP contribution in [-0.2, 0) is 6.18 Å². The highest BCUT2D eigenvalue weighted by molar-refractivity contribution is 6.40. The molecule has 0 fully saturated rings. The minimum absolute atomic E-state index is 0.0334. The molecular weight excluding hydrogens is 264 g/mol. The number of hydrogen-bond donors (Lipinski definition) is 0. The van der Waals surface area contributed by atoms with Gasteiger partial charge in [0.2, 0.25) is 0 Å². The number of alkyl halides is 3. The van der Waals surface area contributed by atoms with Crippen molar-refractivity contribution in [2.75, 3.05) is 0 Å². The van der Waals surface area contributed by atoms with Gasteiger partial charge in [-0.1, -0.05) is 23.2 Å². The highest BCUT2D eigenvalue weighted by atomic mass is 35.5. The van der Waals surface area contributed by atoms with Gasteiger partial charge in [-0.2, -0.15) is 13.2 Å². The fourth-order valence-corrected chi connectivity index (χ4v) is 1.45. The molecule has 0 saturated carbocycles. The van der Waals surface area contributed by atoms with Crippen LogP contribution < -0.4 is 0 Å². The summed E-state index contributed by atoms with van der Waals surface area (Å²) in [6.45, 7) is 0. The number of rotatable bonds is 0. The zero-order chi connectivity index (χ0) is 11.9. The third-order valence-electron chi connectivity index (χ3n) is 1.91. The van der Waals surface area contributed by atoms with Gasteiger partial charge in [0.05, 0.1) is 16.6 Å². The van der Waals surface area contributed by atoms with Crippen molar-refractivity contribution in [1.82, 2.24) is 9.97 Å². The molecule has 84 valence electrons. The normalized spacial score (nSPS) is 12.1. The van der Waals surface area contributed by atoms with E-state index in [1.165, 1.54) is 6.07 Å². The first-order chi connectivity index (χ1) is 7.38. The molecule has 0 aliphatic carbocycles. The summed E-state index contributed by atoms with van der Waals surface area (Å²) in [4.78, 5) is 7.52. The van der Waals surface area contributed by atoms with Crippen LogP contribution in [0.3, 0.4) is 0 Å². The number of halogens is 5. The van der Waals surface area contributed by atoms with Crippen molar-refractivity contribution >= 4 is 34.2 Å². The van der Waals surface area contributed by atoms with Crippen LogP contribution >= 0.6 is 23.2 Å². The quantitative estimate of drug-likeness (QED) is 0.722. The second-order valence-corrected chi connectivity index (χ2v) is 3.72. The van der Waals surface area contributed by atoms with Gasteiger partial charge >= 0.3 is 6.18 Å². The second kappa shape index (κ2) is 3.75. The van der Waals surface area contributed by atoms with Crippen LogP contribution in [0.25, 0.3) is 11.0 Å². The summed E-state index contributed by atoms with van der Waals surface area (Å²) in [6.07, 6.45) is -4.41. The summed E-state index contributed by atoms with van der Waals surface area (Å²) in [5.74, 6) is 0. The summed E-state index contributed by atoms with van der Waals surface area (Å²) in [5, 5.41) is -0.151. The van der Waals surface area contributed by atoms with Crippen molar-refractivity contribution in [1.29, 1.82) is 0 Å². The van der Waals surface area contributed by atoms with E-state index in [0.717, 1.165) is 12.1 Å². The molecule has 0 N–H and O–H groups in total. The molecule has 0 aliphatic heterocycles. The minimum Gasteiger partial charge on any atom is -0.231 e. The average Bonchev–Trinajstić information content (AvgIpc) is 2.17. The molecule has 2 rings (SSSR count). The molecular formula is C9H3Cl2F3N2. The lowest BCUT2D eigenvalue weighted by Gasteiger charge is -2.07. The van der Waals surface area contributed by atoms with Crippen LogP contribution in [0, 0.1) is 0 Å². The van der Waals surface area contributed by atoms with E-state index >= 15 is 0 Å². The first-order valence-electron chi connectivity index (χ1n) is 4.08. The topological polar surface area (TPSA) is 25.8 Å². The van der Waals surface area contributed by atoms with Crippen LogP contribution in [-0.4, -0.2) is 9.97 Å². The summed E-state index contributed by atoms with van der Waals surface area (Å²) in [6, 6.07) is 3.00. The molecule has 16 heavy (non-hydrogen) atoms. The molecule has 2 aromatic rings. The van der Waals surface area contributed by atoms with E-state index in [9.17, 15) is 13.2 Å². The van der Waals surface area contributed by atoms with Crippen molar-refractivity contribution in [3.8, 4) is 0 Å². The molecule has 0 atom stereocenters. The molecule has 2 nitrogen and oxygen atoms in total. The predicted molar refractivity (Wildman–Crippen MR) is 54.6 cm³/mol. The molecule has 1 heterocycles. The molecule has 1 aromatic heterocycles. The van der Waals surface area contributed by atoms with Crippen molar-refractivity contribution < 1.29 is 13.2 Å². The zero-order valence-corrected chi connectivity index (χ0v) is 9.03. The Morgan fingerprint density at radius 3 is 2.06 bits per heavy atom. The summed E-state index contributed by atoms with van der Waals surface area (Å²) < 4.78 is 37.2. The fraction of sp³-hybridized carbons (Fsp3) is 0.111. The summed E-state index contributed by atoms with van der Waals surface area (Å²) in [5.41, 5.74) is -0.473. The third-order valence-corrected chi connectivity index (χ3v) is 2.53. The second-order valence-electron chi connectivity index (χ2n) is 3.01. The van der Waals surface area contributed by atoms with E-state index in [1.807, 2.05) is 0 Å². The van der Waals surface area contributed by atoms with Gasteiger partial charge < -0.3 is 0 Å². The molecule has 7 heteroatoms. The van der Waals surface area contributed by atoms with Gasteiger partial charge in [0.1, 0.15) is 0 Å². The number of benzene rings is 1. The molecule has 1 aromatic carbocycles. The van der Waals surface area contributed by atoms with Gasteiger partial charge in [-0.3, -0.25) is 0 Å². The van der Waals surface area contributed by atoms with Gasteiger partial charge in [0, 0.05) is 0 Å². The molecule has 0 unspecified atom stereocenters. The molecule has 0 aliphatic rings. The fourth-order valence-electron chi connectivity index (χ4n) is 1.19. The minimum atomic E-state index is -4.41. The van der Waals surface area contributed by atoms with Gasteiger partial charge in [-0.25, -0.2) is 9.97 Å². The Labute approximate surface area is 98.0 Å². The Bertz CT molecular complexity index is 554. The summed E-state index contributed by atoms with van der Waals surface area (Å²) in [7, 11) is 0. The van der Waals surface area contributed by atoms with Crippen molar-refractivity contribution in [3.63, 3.8) is 0 Å². The molecule has 0 bridgehead atoms. The highest BCUT2D eigenvalue weighted by Crippen LogP contribution is 2.31. The third kappa shape index (κ3) is 2.05. The average molecular weight is 267 g/mol. The van der Waals surface area contributed by atoms with Crippen LogP contribution in [0.2, 0.25) is 10.3 Å². The van der Waals surface area contributed by atoms with Crippen LogP contribution in [0.4, 0.5) is 13.2 Å². The van der Waals surface area contributed by atoms with E-state index in [2.05, 4.69) is 9.97 Å². The maximum Gasteiger partial charge on any atom is 0.416 e. The first-order valence-corrected chi connectivity index (χ1v) is 4.83. The smallest absolute Gasteiger partial charge is 0.231 e. The van der Waals surface area contributed by atoms with Crippen molar-refractivity contribution in [2.24, 2.45) is 0 Å². The molecule has 0 saturated heterocycles. The number of fused-ring (bicyclic) bond motifs is 1. The largest absolute Gasteiger partial charge is 0.416 e. The van der Waals surface area contributed by atoms with Crippen LogP contribution in [0.1, 0.15) is 5.56 Å². The highest BCUT2D eigenvalue weighted by Gasteiger charge is 2.30. The standard InChI is InChI=1S/C9H3Cl2F3N2/c10-7-8(11)16-6-3-4(9(12,13)14)1-2-5(6)15-7/h1-3H. The van der Waals surface area contributed by atoms with E-state index in [1.54, 1.807) is 0 Å². The van der Waals surface area contributed by atoms with E-state index in [0.29, 0.717) is 0 Å². The number of nitrogens with zero attached hydrogens (tertiary/aromatic N) is 2. The first kappa shape index (κ1) is 11.4. The van der Waals surface area contributed by atoms with E-state index in [4.69, 9.17) is 23.2 Å². The van der Waals surface area contributed by atoms with Crippen LogP contribution in [0.5, 0.6) is 0 Å². The van der Waals surface area contributed by atoms with Crippen LogP contribution in [0.15, 0.2) is 18.2 Å². The zero-order valence-electron chi connectivity index (χ0n) is 7.52. The van der Waals surface area contributed by atoms with Crippen molar-refractivity contribution in [2.45, 2.75) is 6.18 Å². The van der Waals surface area contributed by atoms with E-state index < -0.39 is 11.7 Å². The summed E-state index contributed by atoms with van der Waals surface area (Å²) >= 11 is 11.2.